The van der Waals surface area contributed by atoms with Crippen molar-refractivity contribution in [2.24, 2.45) is 5.73 Å². The molecule has 0 saturated heterocycles. The Labute approximate surface area is 105 Å². The molecule has 2 aromatic carbocycles. The standard InChI is InChI=1S/C15H14N2O/c1-8-7-11-10-5-3-4-6-12(10)17-14(11)9(2)13(8)15(16)18/h3-7,17H,1-2H3,(H2,16,18). The summed E-state index contributed by atoms with van der Waals surface area (Å²) in [5.41, 5.74) is 10.00. The first-order chi connectivity index (χ1) is 8.59. The van der Waals surface area contributed by atoms with E-state index in [1.807, 2.05) is 38.1 Å². The smallest absolute Gasteiger partial charge is 0.249 e. The van der Waals surface area contributed by atoms with Crippen LogP contribution in [-0.2, 0) is 0 Å². The van der Waals surface area contributed by atoms with Gasteiger partial charge in [0.15, 0.2) is 0 Å². The van der Waals surface area contributed by atoms with Crippen LogP contribution in [0, 0.1) is 13.8 Å². The van der Waals surface area contributed by atoms with Gasteiger partial charge in [-0.15, -0.1) is 0 Å². The highest BCUT2D eigenvalue weighted by atomic mass is 16.1. The molecule has 90 valence electrons. The molecule has 1 heterocycles. The number of para-hydroxylation sites is 1. The molecule has 3 heteroatoms. The highest BCUT2D eigenvalue weighted by molar-refractivity contribution is 6.11. The number of hydrogen-bond donors (Lipinski definition) is 2. The lowest BCUT2D eigenvalue weighted by molar-refractivity contribution is 0.0999. The van der Waals surface area contributed by atoms with Gasteiger partial charge in [-0.2, -0.15) is 0 Å². The maximum absolute atomic E-state index is 11.5. The first kappa shape index (κ1) is 10.8. The van der Waals surface area contributed by atoms with Crippen molar-refractivity contribution in [2.75, 3.05) is 0 Å². The molecule has 3 nitrogen and oxygen atoms in total. The number of primary amides is 1. The lowest BCUT2D eigenvalue weighted by Crippen LogP contribution is -2.14. The molecule has 0 saturated carbocycles. The van der Waals surface area contributed by atoms with Crippen molar-refractivity contribution in [1.29, 1.82) is 0 Å². The van der Waals surface area contributed by atoms with Crippen LogP contribution in [0.4, 0.5) is 0 Å². The molecule has 0 aliphatic heterocycles. The van der Waals surface area contributed by atoms with E-state index in [2.05, 4.69) is 11.1 Å². The molecule has 0 atom stereocenters. The first-order valence-electron chi connectivity index (χ1n) is 5.90. The number of carbonyl (C=O) groups excluding carboxylic acids is 1. The lowest BCUT2D eigenvalue weighted by Gasteiger charge is -2.07. The fraction of sp³-hybridized carbons (Fsp3) is 0.133. The fourth-order valence-electron chi connectivity index (χ4n) is 2.70. The highest BCUT2D eigenvalue weighted by Crippen LogP contribution is 2.30. The number of rotatable bonds is 1. The number of aryl methyl sites for hydroxylation is 2. The van der Waals surface area contributed by atoms with Crippen molar-refractivity contribution in [3.05, 3.63) is 47.0 Å². The Morgan fingerprint density at radius 1 is 1.17 bits per heavy atom. The van der Waals surface area contributed by atoms with Gasteiger partial charge >= 0.3 is 0 Å². The van der Waals surface area contributed by atoms with Gasteiger partial charge in [0, 0.05) is 21.9 Å². The molecule has 0 unspecified atom stereocenters. The van der Waals surface area contributed by atoms with E-state index in [9.17, 15) is 4.79 Å². The number of H-pyrrole nitrogens is 1. The van der Waals surface area contributed by atoms with Gasteiger partial charge in [0.1, 0.15) is 0 Å². The van der Waals surface area contributed by atoms with Gasteiger partial charge in [-0.05, 0) is 37.1 Å². The zero-order chi connectivity index (χ0) is 12.9. The minimum absolute atomic E-state index is 0.370. The summed E-state index contributed by atoms with van der Waals surface area (Å²) in [4.78, 5) is 14.9. The van der Waals surface area contributed by atoms with Crippen molar-refractivity contribution in [3.8, 4) is 0 Å². The van der Waals surface area contributed by atoms with Crippen LogP contribution < -0.4 is 5.73 Å². The predicted octanol–water partition coefficient (Wildman–Crippen LogP) is 3.04. The van der Waals surface area contributed by atoms with E-state index >= 15 is 0 Å². The molecular formula is C15H14N2O. The largest absolute Gasteiger partial charge is 0.366 e. The maximum Gasteiger partial charge on any atom is 0.249 e. The van der Waals surface area contributed by atoms with Crippen LogP contribution in [0.2, 0.25) is 0 Å². The van der Waals surface area contributed by atoms with Crippen LogP contribution in [0.1, 0.15) is 21.5 Å². The summed E-state index contributed by atoms with van der Waals surface area (Å²) in [5.74, 6) is -0.370. The quantitative estimate of drug-likeness (QED) is 0.672. The summed E-state index contributed by atoms with van der Waals surface area (Å²) in [6, 6.07) is 10.2. The van der Waals surface area contributed by atoms with Crippen LogP contribution in [0.3, 0.4) is 0 Å². The topological polar surface area (TPSA) is 58.9 Å². The minimum atomic E-state index is -0.370. The second-order valence-electron chi connectivity index (χ2n) is 4.65. The van der Waals surface area contributed by atoms with E-state index in [0.717, 1.165) is 27.5 Å². The summed E-state index contributed by atoms with van der Waals surface area (Å²) in [5, 5.41) is 2.32. The van der Waals surface area contributed by atoms with Crippen LogP contribution in [0.15, 0.2) is 30.3 Å². The molecule has 0 radical (unpaired) electrons. The Balaban J connectivity index is 2.54. The number of benzene rings is 2. The van der Waals surface area contributed by atoms with E-state index in [1.54, 1.807) is 0 Å². The average Bonchev–Trinajstić information content (AvgIpc) is 2.68. The third kappa shape index (κ3) is 1.34. The van der Waals surface area contributed by atoms with Crippen molar-refractivity contribution in [1.82, 2.24) is 4.98 Å². The molecule has 3 rings (SSSR count). The van der Waals surface area contributed by atoms with Crippen molar-refractivity contribution in [2.45, 2.75) is 13.8 Å². The van der Waals surface area contributed by atoms with Gasteiger partial charge in [0.05, 0.1) is 5.52 Å². The van der Waals surface area contributed by atoms with Crippen LogP contribution in [-0.4, -0.2) is 10.9 Å². The van der Waals surface area contributed by atoms with E-state index in [0.29, 0.717) is 5.56 Å². The molecule has 18 heavy (non-hydrogen) atoms. The van der Waals surface area contributed by atoms with E-state index in [4.69, 9.17) is 5.73 Å². The predicted molar refractivity (Wildman–Crippen MR) is 73.8 cm³/mol. The highest BCUT2D eigenvalue weighted by Gasteiger charge is 2.15. The maximum atomic E-state index is 11.5. The van der Waals surface area contributed by atoms with Crippen LogP contribution in [0.5, 0.6) is 0 Å². The average molecular weight is 238 g/mol. The number of aromatic nitrogens is 1. The molecule has 0 bridgehead atoms. The molecule has 3 aromatic rings. The zero-order valence-electron chi connectivity index (χ0n) is 10.4. The van der Waals surface area contributed by atoms with Gasteiger partial charge in [0.2, 0.25) is 5.91 Å². The Bertz CT molecular complexity index is 784. The molecule has 0 spiro atoms. The Morgan fingerprint density at radius 3 is 2.61 bits per heavy atom. The SMILES string of the molecule is Cc1cc2c([nH]c3ccccc32)c(C)c1C(N)=O. The molecule has 3 N–H and O–H groups in total. The third-order valence-electron chi connectivity index (χ3n) is 3.50. The Hall–Kier alpha value is -2.29. The van der Waals surface area contributed by atoms with Crippen molar-refractivity contribution in [3.63, 3.8) is 0 Å². The van der Waals surface area contributed by atoms with Crippen LogP contribution in [0.25, 0.3) is 21.8 Å². The number of nitrogens with two attached hydrogens (primary N) is 1. The molecule has 0 aliphatic rings. The molecule has 1 aromatic heterocycles. The summed E-state index contributed by atoms with van der Waals surface area (Å²) in [6.07, 6.45) is 0. The van der Waals surface area contributed by atoms with E-state index in [-0.39, 0.29) is 5.91 Å². The summed E-state index contributed by atoms with van der Waals surface area (Å²) < 4.78 is 0. The Kier molecular flexibility index (Phi) is 2.17. The summed E-state index contributed by atoms with van der Waals surface area (Å²) in [7, 11) is 0. The first-order valence-corrected chi connectivity index (χ1v) is 5.90. The lowest BCUT2D eigenvalue weighted by atomic mass is 9.98. The number of carbonyl (C=O) groups is 1. The number of aromatic amines is 1. The Morgan fingerprint density at radius 2 is 1.89 bits per heavy atom. The molecular weight excluding hydrogens is 224 g/mol. The van der Waals surface area contributed by atoms with Gasteiger partial charge in [-0.25, -0.2) is 0 Å². The number of fused-ring (bicyclic) bond motifs is 3. The number of hydrogen-bond acceptors (Lipinski definition) is 1. The van der Waals surface area contributed by atoms with Crippen LogP contribution >= 0.6 is 0 Å². The molecule has 0 fully saturated rings. The van der Waals surface area contributed by atoms with E-state index < -0.39 is 0 Å². The van der Waals surface area contributed by atoms with Gasteiger partial charge < -0.3 is 10.7 Å². The third-order valence-corrected chi connectivity index (χ3v) is 3.50. The van der Waals surface area contributed by atoms with Gasteiger partial charge in [0.25, 0.3) is 0 Å². The summed E-state index contributed by atoms with van der Waals surface area (Å²) >= 11 is 0. The zero-order valence-corrected chi connectivity index (χ0v) is 10.4. The number of nitrogens with one attached hydrogen (secondary N) is 1. The molecule has 0 aliphatic carbocycles. The second-order valence-corrected chi connectivity index (χ2v) is 4.65. The number of amides is 1. The second kappa shape index (κ2) is 3.60. The monoisotopic (exact) mass is 238 g/mol. The van der Waals surface area contributed by atoms with Gasteiger partial charge in [-0.1, -0.05) is 18.2 Å². The molecule has 1 amide bonds. The van der Waals surface area contributed by atoms with Crippen molar-refractivity contribution >= 4 is 27.7 Å². The van der Waals surface area contributed by atoms with Gasteiger partial charge in [-0.3, -0.25) is 4.79 Å². The fourth-order valence-corrected chi connectivity index (χ4v) is 2.70. The van der Waals surface area contributed by atoms with Crippen molar-refractivity contribution < 1.29 is 4.79 Å². The minimum Gasteiger partial charge on any atom is -0.366 e. The van der Waals surface area contributed by atoms with E-state index in [1.165, 1.54) is 5.39 Å². The normalized spacial score (nSPS) is 11.2. The summed E-state index contributed by atoms with van der Waals surface area (Å²) in [6.45, 7) is 3.86.